The fourth-order valence-electron chi connectivity index (χ4n) is 1.51. The van der Waals surface area contributed by atoms with Crippen molar-refractivity contribution >= 4 is 5.70 Å². The molecule has 3 rings (SSSR count). The summed E-state index contributed by atoms with van der Waals surface area (Å²) in [6, 6.07) is 18.3. The molecule has 92 valence electrons. The molecule has 1 N–H and O–H groups in total. The summed E-state index contributed by atoms with van der Waals surface area (Å²) < 4.78 is 0. The molecule has 0 bridgehead atoms. The van der Waals surface area contributed by atoms with Gasteiger partial charge in [-0.05, 0) is 18.0 Å². The number of nitrogens with one attached hydrogen (secondary N) is 1. The van der Waals surface area contributed by atoms with Crippen LogP contribution in [0.5, 0.6) is 0 Å². The average Bonchev–Trinajstić information content (AvgIpc) is 3.02. The van der Waals surface area contributed by atoms with Crippen molar-refractivity contribution in [3.63, 3.8) is 0 Å². The minimum Gasteiger partial charge on any atom is -0.378 e. The third-order valence-corrected chi connectivity index (χ3v) is 2.35. The van der Waals surface area contributed by atoms with Crippen LogP contribution in [0.1, 0.15) is 5.56 Å². The van der Waals surface area contributed by atoms with E-state index in [0.717, 1.165) is 5.70 Å². The molecule has 2 heteroatoms. The Morgan fingerprint density at radius 1 is 0.889 bits per heavy atom. The van der Waals surface area contributed by atoms with Gasteiger partial charge in [0.2, 0.25) is 0 Å². The van der Waals surface area contributed by atoms with Crippen molar-refractivity contribution in [1.29, 1.82) is 0 Å². The van der Waals surface area contributed by atoms with Gasteiger partial charge >= 0.3 is 17.1 Å². The summed E-state index contributed by atoms with van der Waals surface area (Å²) in [6.45, 7) is 0. The molecule has 1 aliphatic heterocycles. The monoisotopic (exact) mass is 277 g/mol. The Bertz CT molecular complexity index is 470. The first-order chi connectivity index (χ1) is 8.47. The second-order valence-corrected chi connectivity index (χ2v) is 3.60. The molecule has 2 aromatic carbocycles. The summed E-state index contributed by atoms with van der Waals surface area (Å²) in [5.41, 5.74) is 2.37. The molecule has 18 heavy (non-hydrogen) atoms. The van der Waals surface area contributed by atoms with Crippen molar-refractivity contribution < 1.29 is 17.1 Å². The van der Waals surface area contributed by atoms with Crippen molar-refractivity contribution in [1.82, 2.24) is 5.32 Å². The smallest absolute Gasteiger partial charge is 0.378 e. The summed E-state index contributed by atoms with van der Waals surface area (Å²) in [6.07, 6.45) is 10.0. The molecule has 1 heterocycles. The van der Waals surface area contributed by atoms with E-state index in [1.165, 1.54) is 5.56 Å². The van der Waals surface area contributed by atoms with Crippen LogP contribution in [0.3, 0.4) is 0 Å². The fraction of sp³-hybridized carbons (Fsp3) is 0. The zero-order valence-electron chi connectivity index (χ0n) is 9.94. The van der Waals surface area contributed by atoms with Crippen LogP contribution in [0.4, 0.5) is 0 Å². The Morgan fingerprint density at radius 3 is 2.22 bits per heavy atom. The molecule has 0 aliphatic carbocycles. The average molecular weight is 277 g/mol. The van der Waals surface area contributed by atoms with Crippen LogP contribution in [0.25, 0.3) is 5.70 Å². The Labute approximate surface area is 119 Å². The van der Waals surface area contributed by atoms with Crippen LogP contribution in [0.15, 0.2) is 85.1 Å². The molecule has 0 atom stereocenters. The van der Waals surface area contributed by atoms with Crippen LogP contribution in [0, 0.1) is 0 Å². The molecule has 0 saturated heterocycles. The van der Waals surface area contributed by atoms with Gasteiger partial charge < -0.3 is 5.32 Å². The van der Waals surface area contributed by atoms with Crippen LogP contribution < -0.4 is 5.32 Å². The van der Waals surface area contributed by atoms with Crippen molar-refractivity contribution in [3.05, 3.63) is 90.7 Å². The third kappa shape index (κ3) is 4.62. The number of allylic oxidation sites excluding steroid dienone is 4. The third-order valence-electron chi connectivity index (χ3n) is 2.35. The Kier molecular flexibility index (Phi) is 6.63. The molecule has 0 saturated carbocycles. The first kappa shape index (κ1) is 14.3. The molecule has 0 fully saturated rings. The van der Waals surface area contributed by atoms with Crippen molar-refractivity contribution in [2.24, 2.45) is 0 Å². The van der Waals surface area contributed by atoms with Gasteiger partial charge in [0.15, 0.2) is 0 Å². The second kappa shape index (κ2) is 8.35. The number of hydrogen-bond acceptors (Lipinski definition) is 1. The van der Waals surface area contributed by atoms with Gasteiger partial charge in [-0.3, -0.25) is 0 Å². The maximum absolute atomic E-state index is 3.20. The molecule has 0 amide bonds. The molecule has 0 radical (unpaired) electrons. The van der Waals surface area contributed by atoms with Gasteiger partial charge in [0.25, 0.3) is 0 Å². The van der Waals surface area contributed by atoms with E-state index in [1.54, 1.807) is 0 Å². The molecule has 1 aliphatic rings. The van der Waals surface area contributed by atoms with Gasteiger partial charge in [-0.1, -0.05) is 11.6 Å². The molecule has 0 spiro atoms. The molecule has 1 nitrogen and oxygen atoms in total. The molecule has 2 aromatic rings. The van der Waals surface area contributed by atoms with Gasteiger partial charge in [0.05, 0.1) is 0 Å². The predicted molar refractivity (Wildman–Crippen MR) is 73.5 cm³/mol. The maximum Gasteiger partial charge on any atom is 2.00 e. The van der Waals surface area contributed by atoms with E-state index in [-0.39, 0.29) is 17.1 Å². The first-order valence-electron chi connectivity index (χ1n) is 5.65. The van der Waals surface area contributed by atoms with Crippen molar-refractivity contribution in [2.75, 3.05) is 0 Å². The van der Waals surface area contributed by atoms with Gasteiger partial charge in [0, 0.05) is 0 Å². The Balaban J connectivity index is 0.000000230. The van der Waals surface area contributed by atoms with Gasteiger partial charge in [-0.2, -0.15) is 30.3 Å². The topological polar surface area (TPSA) is 12.0 Å². The van der Waals surface area contributed by atoms with E-state index in [1.807, 2.05) is 66.9 Å². The largest absolute Gasteiger partial charge is 2.00 e. The van der Waals surface area contributed by atoms with E-state index < -0.39 is 0 Å². The summed E-state index contributed by atoms with van der Waals surface area (Å²) in [5, 5.41) is 3.20. The molecule has 0 aromatic heterocycles. The first-order valence-corrected chi connectivity index (χ1v) is 5.65. The summed E-state index contributed by atoms with van der Waals surface area (Å²) in [7, 11) is 0. The minimum absolute atomic E-state index is 0. The van der Waals surface area contributed by atoms with Gasteiger partial charge in [-0.25, -0.2) is 12.1 Å². The Hall–Kier alpha value is -1.76. The van der Waals surface area contributed by atoms with E-state index >= 15 is 0 Å². The summed E-state index contributed by atoms with van der Waals surface area (Å²) in [5.74, 6) is 0. The zero-order chi connectivity index (χ0) is 11.8. The van der Waals surface area contributed by atoms with Crippen molar-refractivity contribution in [2.45, 2.75) is 0 Å². The maximum atomic E-state index is 3.20. The molecule has 0 unspecified atom stereocenters. The van der Waals surface area contributed by atoms with Crippen molar-refractivity contribution in [3.8, 4) is 0 Å². The summed E-state index contributed by atoms with van der Waals surface area (Å²) in [4.78, 5) is 0. The van der Waals surface area contributed by atoms with Crippen LogP contribution >= 0.6 is 0 Å². The quantitative estimate of drug-likeness (QED) is 0.617. The van der Waals surface area contributed by atoms with Crippen LogP contribution in [-0.4, -0.2) is 0 Å². The minimum atomic E-state index is 0. The Morgan fingerprint density at radius 2 is 1.61 bits per heavy atom. The fourth-order valence-corrected chi connectivity index (χ4v) is 1.51. The van der Waals surface area contributed by atoms with E-state index in [0.29, 0.717) is 0 Å². The molecular weight excluding hydrogens is 262 g/mol. The van der Waals surface area contributed by atoms with Crippen LogP contribution in [-0.2, 0) is 17.1 Å². The number of rotatable bonds is 1. The van der Waals surface area contributed by atoms with E-state index in [2.05, 4.69) is 23.5 Å². The summed E-state index contributed by atoms with van der Waals surface area (Å²) >= 11 is 0. The zero-order valence-corrected chi connectivity index (χ0v) is 11.0. The second-order valence-electron chi connectivity index (χ2n) is 3.60. The standard InChI is InChI=1S/C11H10N.C5H5.Fe/c1-2-8-11(12-9-5-1)10-6-3-4-7-10;1-2-4-5-3-1;/h1-9,12H;1-5H;/q2*-1;+2. The van der Waals surface area contributed by atoms with Gasteiger partial charge in [-0.15, -0.1) is 24.3 Å². The predicted octanol–water partition coefficient (Wildman–Crippen LogP) is 3.82. The SMILES string of the molecule is C1=CC=C([c-]2cccc2)NC=C1.[Fe+2].c1cc[cH-]c1. The van der Waals surface area contributed by atoms with E-state index in [4.69, 9.17) is 0 Å². The normalized spacial score (nSPS) is 12.3. The molecular formula is C16H15FeN. The van der Waals surface area contributed by atoms with E-state index in [9.17, 15) is 0 Å². The van der Waals surface area contributed by atoms with Gasteiger partial charge in [0.1, 0.15) is 0 Å². The number of hydrogen-bond donors (Lipinski definition) is 1. The van der Waals surface area contributed by atoms with Crippen LogP contribution in [0.2, 0.25) is 0 Å².